The zero-order valence-corrected chi connectivity index (χ0v) is 14.0. The van der Waals surface area contributed by atoms with Gasteiger partial charge in [-0.15, -0.1) is 0 Å². The van der Waals surface area contributed by atoms with Crippen LogP contribution in [0, 0.1) is 0 Å². The number of methoxy groups -OCH3 is 1. The largest absolute Gasteiger partial charge is 0.497 e. The van der Waals surface area contributed by atoms with Gasteiger partial charge in [-0.3, -0.25) is 0 Å². The van der Waals surface area contributed by atoms with Gasteiger partial charge in [0.25, 0.3) is 0 Å². The summed E-state index contributed by atoms with van der Waals surface area (Å²) in [4.78, 5) is 0. The highest BCUT2D eigenvalue weighted by molar-refractivity contribution is 5.46. The molecule has 0 aliphatic rings. The Labute approximate surface area is 138 Å². The summed E-state index contributed by atoms with van der Waals surface area (Å²) < 4.78 is 16.5. The molecule has 4 nitrogen and oxygen atoms in total. The van der Waals surface area contributed by atoms with Gasteiger partial charge in [0, 0.05) is 12.2 Å². The molecule has 1 unspecified atom stereocenters. The average Bonchev–Trinajstić information content (AvgIpc) is 2.60. The summed E-state index contributed by atoms with van der Waals surface area (Å²) in [6, 6.07) is 15.6. The van der Waals surface area contributed by atoms with Crippen LogP contribution in [0.15, 0.2) is 48.5 Å². The first-order valence-corrected chi connectivity index (χ1v) is 7.98. The Bertz CT molecular complexity index is 566. The monoisotopic (exact) mass is 315 g/mol. The minimum Gasteiger partial charge on any atom is -0.497 e. The summed E-state index contributed by atoms with van der Waals surface area (Å²) in [6.07, 6.45) is 1.24. The molecule has 2 aromatic carbocycles. The van der Waals surface area contributed by atoms with Gasteiger partial charge < -0.3 is 19.5 Å². The average molecular weight is 315 g/mol. The quantitative estimate of drug-likeness (QED) is 0.698. The number of benzene rings is 2. The highest BCUT2D eigenvalue weighted by Gasteiger charge is 2.01. The van der Waals surface area contributed by atoms with Crippen LogP contribution in [-0.2, 0) is 0 Å². The van der Waals surface area contributed by atoms with Crippen LogP contribution in [0.4, 0.5) is 5.69 Å². The fraction of sp³-hybridized carbons (Fsp3) is 0.368. The van der Waals surface area contributed by atoms with Gasteiger partial charge in [0.2, 0.25) is 0 Å². The van der Waals surface area contributed by atoms with Gasteiger partial charge in [0.05, 0.1) is 13.2 Å². The summed E-state index contributed by atoms with van der Waals surface area (Å²) in [5.41, 5.74) is 1.06. The Hall–Kier alpha value is -2.36. The molecule has 0 spiro atoms. The van der Waals surface area contributed by atoms with Crippen LogP contribution in [0.25, 0.3) is 0 Å². The number of anilines is 1. The van der Waals surface area contributed by atoms with E-state index in [1.165, 1.54) is 0 Å². The van der Waals surface area contributed by atoms with Crippen LogP contribution in [-0.4, -0.2) is 26.4 Å². The molecule has 0 aliphatic heterocycles. The lowest BCUT2D eigenvalue weighted by atomic mass is 10.3. The van der Waals surface area contributed by atoms with E-state index < -0.39 is 0 Å². The maximum absolute atomic E-state index is 5.76. The normalized spacial score (nSPS) is 11.6. The zero-order valence-electron chi connectivity index (χ0n) is 14.0. The minimum atomic E-state index is 0.242. The number of hydrogen-bond donors (Lipinski definition) is 1. The van der Waals surface area contributed by atoms with E-state index in [0.29, 0.717) is 6.61 Å². The molecule has 0 aromatic heterocycles. The van der Waals surface area contributed by atoms with Gasteiger partial charge in [0.15, 0.2) is 0 Å². The van der Waals surface area contributed by atoms with Gasteiger partial charge in [-0.2, -0.15) is 0 Å². The standard InChI is InChI=1S/C19H25NO3/c1-4-15(2)23-19-7-5-16(6-8-19)20-13-14-22-18-11-9-17(21-3)10-12-18/h5-12,15,20H,4,13-14H2,1-3H3. The van der Waals surface area contributed by atoms with E-state index in [2.05, 4.69) is 19.2 Å². The number of nitrogens with one attached hydrogen (secondary N) is 1. The molecule has 0 aliphatic carbocycles. The van der Waals surface area contributed by atoms with Crippen LogP contribution in [0.1, 0.15) is 20.3 Å². The third-order valence-electron chi connectivity index (χ3n) is 3.53. The van der Waals surface area contributed by atoms with Crippen LogP contribution in [0.3, 0.4) is 0 Å². The third-order valence-corrected chi connectivity index (χ3v) is 3.53. The molecule has 4 heteroatoms. The van der Waals surface area contributed by atoms with Crippen LogP contribution in [0.5, 0.6) is 17.2 Å². The first-order chi connectivity index (χ1) is 11.2. The fourth-order valence-corrected chi connectivity index (χ4v) is 2.00. The summed E-state index contributed by atoms with van der Waals surface area (Å²) in [6.45, 7) is 5.52. The second kappa shape index (κ2) is 8.93. The van der Waals surface area contributed by atoms with Crippen molar-refractivity contribution >= 4 is 5.69 Å². The summed E-state index contributed by atoms with van der Waals surface area (Å²) in [5.74, 6) is 2.57. The Morgan fingerprint density at radius 2 is 1.52 bits per heavy atom. The molecule has 1 atom stereocenters. The molecule has 2 rings (SSSR count). The van der Waals surface area contributed by atoms with Crippen molar-refractivity contribution in [2.24, 2.45) is 0 Å². The van der Waals surface area contributed by atoms with Gasteiger partial charge in [-0.1, -0.05) is 6.92 Å². The first-order valence-electron chi connectivity index (χ1n) is 7.98. The van der Waals surface area contributed by atoms with Crippen molar-refractivity contribution in [1.29, 1.82) is 0 Å². The maximum Gasteiger partial charge on any atom is 0.119 e. The number of rotatable bonds is 9. The second-order valence-electron chi connectivity index (χ2n) is 5.31. The maximum atomic E-state index is 5.76. The van der Waals surface area contributed by atoms with Crippen molar-refractivity contribution in [3.63, 3.8) is 0 Å². The van der Waals surface area contributed by atoms with Crippen molar-refractivity contribution in [3.05, 3.63) is 48.5 Å². The van der Waals surface area contributed by atoms with E-state index in [0.717, 1.165) is 35.9 Å². The van der Waals surface area contributed by atoms with Crippen LogP contribution in [0.2, 0.25) is 0 Å². The highest BCUT2D eigenvalue weighted by atomic mass is 16.5. The minimum absolute atomic E-state index is 0.242. The lowest BCUT2D eigenvalue weighted by molar-refractivity contribution is 0.217. The Kier molecular flexibility index (Phi) is 6.60. The zero-order chi connectivity index (χ0) is 16.5. The van der Waals surface area contributed by atoms with E-state index in [4.69, 9.17) is 14.2 Å². The molecule has 124 valence electrons. The third kappa shape index (κ3) is 5.74. The van der Waals surface area contributed by atoms with E-state index in [1.807, 2.05) is 48.5 Å². The predicted octanol–water partition coefficient (Wildman–Crippen LogP) is 4.36. The van der Waals surface area contributed by atoms with Crippen molar-refractivity contribution in [3.8, 4) is 17.2 Å². The smallest absolute Gasteiger partial charge is 0.119 e. The molecular formula is C19H25NO3. The van der Waals surface area contributed by atoms with Crippen LogP contribution >= 0.6 is 0 Å². The lowest BCUT2D eigenvalue weighted by Gasteiger charge is -2.13. The first kappa shape index (κ1) is 17.0. The van der Waals surface area contributed by atoms with Gasteiger partial charge in [-0.05, 0) is 61.9 Å². The molecule has 0 amide bonds. The Morgan fingerprint density at radius 1 is 0.913 bits per heavy atom. The van der Waals surface area contributed by atoms with E-state index in [-0.39, 0.29) is 6.10 Å². The molecule has 0 fully saturated rings. The number of ether oxygens (including phenoxy) is 3. The van der Waals surface area contributed by atoms with Crippen molar-refractivity contribution in [2.45, 2.75) is 26.4 Å². The second-order valence-corrected chi connectivity index (χ2v) is 5.31. The molecule has 23 heavy (non-hydrogen) atoms. The van der Waals surface area contributed by atoms with Crippen molar-refractivity contribution < 1.29 is 14.2 Å². The van der Waals surface area contributed by atoms with Gasteiger partial charge >= 0.3 is 0 Å². The molecule has 0 heterocycles. The molecule has 0 saturated heterocycles. The Balaban J connectivity index is 1.71. The Morgan fingerprint density at radius 3 is 2.13 bits per heavy atom. The van der Waals surface area contributed by atoms with E-state index >= 15 is 0 Å². The van der Waals surface area contributed by atoms with Gasteiger partial charge in [-0.25, -0.2) is 0 Å². The predicted molar refractivity (Wildman–Crippen MR) is 93.8 cm³/mol. The van der Waals surface area contributed by atoms with Crippen molar-refractivity contribution in [1.82, 2.24) is 0 Å². The summed E-state index contributed by atoms with van der Waals surface area (Å²) in [5, 5.41) is 3.33. The lowest BCUT2D eigenvalue weighted by Crippen LogP contribution is -2.12. The highest BCUT2D eigenvalue weighted by Crippen LogP contribution is 2.18. The molecule has 0 radical (unpaired) electrons. The molecule has 1 N–H and O–H groups in total. The molecule has 0 bridgehead atoms. The molecule has 0 saturated carbocycles. The summed E-state index contributed by atoms with van der Waals surface area (Å²) >= 11 is 0. The van der Waals surface area contributed by atoms with E-state index in [9.17, 15) is 0 Å². The van der Waals surface area contributed by atoms with Gasteiger partial charge in [0.1, 0.15) is 23.9 Å². The molecule has 2 aromatic rings. The van der Waals surface area contributed by atoms with Crippen molar-refractivity contribution in [2.75, 3.05) is 25.6 Å². The fourth-order valence-electron chi connectivity index (χ4n) is 2.00. The van der Waals surface area contributed by atoms with Crippen LogP contribution < -0.4 is 19.5 Å². The van der Waals surface area contributed by atoms with E-state index in [1.54, 1.807) is 7.11 Å². The SMILES string of the molecule is CCC(C)Oc1ccc(NCCOc2ccc(OC)cc2)cc1. The topological polar surface area (TPSA) is 39.7 Å². The number of hydrogen-bond acceptors (Lipinski definition) is 4. The summed E-state index contributed by atoms with van der Waals surface area (Å²) in [7, 11) is 1.65. The molecular weight excluding hydrogens is 290 g/mol.